The van der Waals surface area contributed by atoms with Crippen LogP contribution in [0.15, 0.2) is 58.4 Å². The molecule has 3 aromatic heterocycles. The van der Waals surface area contributed by atoms with Crippen LogP contribution in [0.2, 0.25) is 0 Å². The third kappa shape index (κ3) is 5.89. The lowest BCUT2D eigenvalue weighted by Crippen LogP contribution is -2.29. The molecular weight excluding hydrogens is 500 g/mol. The number of amides is 1. The topological polar surface area (TPSA) is 155 Å². The van der Waals surface area contributed by atoms with E-state index >= 15 is 0 Å². The van der Waals surface area contributed by atoms with Gasteiger partial charge in [0, 0.05) is 31.6 Å². The van der Waals surface area contributed by atoms with Crippen molar-refractivity contribution < 1.29 is 14.4 Å². The molecule has 39 heavy (non-hydrogen) atoms. The number of carbonyl (C=O) groups is 1. The van der Waals surface area contributed by atoms with Crippen molar-refractivity contribution >= 4 is 11.6 Å². The summed E-state index contributed by atoms with van der Waals surface area (Å²) in [5.74, 6) is -2.24. The van der Waals surface area contributed by atoms with Crippen LogP contribution in [0.3, 0.4) is 0 Å². The molecule has 1 aromatic carbocycles. The summed E-state index contributed by atoms with van der Waals surface area (Å²) in [7, 11) is 5.52. The minimum absolute atomic E-state index is 0.249. The van der Waals surface area contributed by atoms with Gasteiger partial charge in [0.2, 0.25) is 5.75 Å². The third-order valence-corrected chi connectivity index (χ3v) is 6.54. The number of aromatic nitrogens is 5. The van der Waals surface area contributed by atoms with Crippen molar-refractivity contribution in [1.82, 2.24) is 29.4 Å². The van der Waals surface area contributed by atoms with Gasteiger partial charge in [-0.05, 0) is 44.3 Å². The van der Waals surface area contributed by atoms with Gasteiger partial charge in [-0.1, -0.05) is 30.3 Å². The summed E-state index contributed by atoms with van der Waals surface area (Å²) in [4.78, 5) is 32.5. The number of nitrogens with zero attached hydrogens (tertiary/aromatic N) is 7. The number of hydrogen-bond acceptors (Lipinski definition) is 9. The molecule has 12 heteroatoms. The molecule has 3 heterocycles. The Bertz CT molecular complexity index is 1550. The van der Waals surface area contributed by atoms with E-state index < -0.39 is 34.7 Å². The highest BCUT2D eigenvalue weighted by Crippen LogP contribution is 2.39. The molecular formula is C27H30N8O4. The van der Waals surface area contributed by atoms with E-state index in [4.69, 9.17) is 4.52 Å². The molecule has 12 nitrogen and oxygen atoms in total. The molecule has 1 amide bonds. The van der Waals surface area contributed by atoms with Crippen molar-refractivity contribution in [2.75, 3.05) is 26.0 Å². The fraction of sp³-hybridized carbons (Fsp3) is 0.333. The van der Waals surface area contributed by atoms with Gasteiger partial charge in [0.25, 0.3) is 11.5 Å². The first-order valence-electron chi connectivity index (χ1n) is 12.4. The molecule has 0 saturated heterocycles. The fourth-order valence-electron chi connectivity index (χ4n) is 4.60. The molecule has 0 fully saturated rings. The van der Waals surface area contributed by atoms with Gasteiger partial charge in [-0.2, -0.15) is 10.4 Å². The van der Waals surface area contributed by atoms with Crippen LogP contribution in [0.5, 0.6) is 5.75 Å². The smallest absolute Gasteiger partial charge is 0.296 e. The van der Waals surface area contributed by atoms with E-state index in [-0.39, 0.29) is 11.5 Å². The Morgan fingerprint density at radius 1 is 1.28 bits per heavy atom. The highest BCUT2D eigenvalue weighted by molar-refractivity contribution is 6.04. The minimum atomic E-state index is -0.787. The van der Waals surface area contributed by atoms with Crippen LogP contribution in [0.25, 0.3) is 0 Å². The van der Waals surface area contributed by atoms with E-state index in [9.17, 15) is 20.0 Å². The lowest BCUT2D eigenvalue weighted by molar-refractivity contribution is 0.101. The predicted molar refractivity (Wildman–Crippen MR) is 142 cm³/mol. The predicted octanol–water partition coefficient (Wildman–Crippen LogP) is 2.68. The highest BCUT2D eigenvalue weighted by atomic mass is 16.5. The molecule has 0 saturated carbocycles. The summed E-state index contributed by atoms with van der Waals surface area (Å²) < 4.78 is 7.80. The van der Waals surface area contributed by atoms with Crippen molar-refractivity contribution in [3.8, 4) is 11.8 Å². The van der Waals surface area contributed by atoms with Crippen molar-refractivity contribution in [3.63, 3.8) is 0 Å². The summed E-state index contributed by atoms with van der Waals surface area (Å²) in [5, 5.41) is 31.0. The largest absolute Gasteiger partial charge is 0.501 e. The van der Waals surface area contributed by atoms with Gasteiger partial charge in [0.1, 0.15) is 17.8 Å². The number of aryl methyl sites for hydroxylation is 1. The van der Waals surface area contributed by atoms with Gasteiger partial charge in [-0.25, -0.2) is 4.98 Å². The first-order chi connectivity index (χ1) is 18.7. The van der Waals surface area contributed by atoms with Crippen LogP contribution in [0.1, 0.15) is 58.2 Å². The maximum atomic E-state index is 13.0. The van der Waals surface area contributed by atoms with E-state index in [1.54, 1.807) is 18.3 Å². The van der Waals surface area contributed by atoms with E-state index in [1.807, 2.05) is 44.0 Å². The van der Waals surface area contributed by atoms with E-state index in [2.05, 4.69) is 31.5 Å². The number of hydrogen-bond donors (Lipinski definition) is 2. The molecule has 0 unspecified atom stereocenters. The molecule has 202 valence electrons. The molecule has 0 radical (unpaired) electrons. The fourth-order valence-corrected chi connectivity index (χ4v) is 4.60. The quantitative estimate of drug-likeness (QED) is 0.315. The first-order valence-corrected chi connectivity index (χ1v) is 12.4. The number of benzene rings is 1. The standard InChI is InChI=1S/C27H30N8O4/c1-17(25-32-23(24(36)27(38)34(25)4)26(37)31-20-14-30-39-16-20)22(21-9-6-5-8-18(21)12-28)19-13-29-35(15-19)11-7-10-33(2)3/h5-6,8-9,13-17,22,36H,7,10-11H2,1-4H3,(H,31,37)/t17-,22+/m0/s1. The maximum Gasteiger partial charge on any atom is 0.296 e. The third-order valence-electron chi connectivity index (χ3n) is 6.54. The second kappa shape index (κ2) is 11.7. The average molecular weight is 531 g/mol. The number of nitriles is 1. The Morgan fingerprint density at radius 2 is 2.05 bits per heavy atom. The second-order valence-electron chi connectivity index (χ2n) is 9.56. The van der Waals surface area contributed by atoms with Crippen molar-refractivity contribution in [1.29, 1.82) is 5.26 Å². The number of rotatable bonds is 10. The summed E-state index contributed by atoms with van der Waals surface area (Å²) in [6.07, 6.45) is 7.09. The molecule has 2 atom stereocenters. The van der Waals surface area contributed by atoms with Crippen LogP contribution < -0.4 is 10.9 Å². The van der Waals surface area contributed by atoms with Gasteiger partial charge in [0.15, 0.2) is 5.69 Å². The lowest BCUT2D eigenvalue weighted by atomic mass is 9.80. The van der Waals surface area contributed by atoms with Crippen molar-refractivity contribution in [2.24, 2.45) is 7.05 Å². The molecule has 4 rings (SSSR count). The average Bonchev–Trinajstić information content (AvgIpc) is 3.60. The van der Waals surface area contributed by atoms with Crippen LogP contribution in [-0.4, -0.2) is 61.0 Å². The van der Waals surface area contributed by atoms with Crippen LogP contribution in [0, 0.1) is 11.3 Å². The Balaban J connectivity index is 1.78. The van der Waals surface area contributed by atoms with Crippen molar-refractivity contribution in [3.05, 3.63) is 87.7 Å². The Hall–Kier alpha value is -4.76. The highest BCUT2D eigenvalue weighted by Gasteiger charge is 2.31. The van der Waals surface area contributed by atoms with E-state index in [0.29, 0.717) is 12.1 Å². The number of anilines is 1. The van der Waals surface area contributed by atoms with Gasteiger partial charge in [-0.3, -0.25) is 18.8 Å². The Morgan fingerprint density at radius 3 is 2.74 bits per heavy atom. The van der Waals surface area contributed by atoms with Crippen LogP contribution in [-0.2, 0) is 13.6 Å². The summed E-state index contributed by atoms with van der Waals surface area (Å²) in [5.41, 5.74) is 1.09. The maximum absolute atomic E-state index is 13.0. The van der Waals surface area contributed by atoms with Gasteiger partial charge >= 0.3 is 0 Å². The van der Waals surface area contributed by atoms with Crippen molar-refractivity contribution in [2.45, 2.75) is 31.7 Å². The molecule has 4 aromatic rings. The zero-order valence-corrected chi connectivity index (χ0v) is 22.2. The number of aromatic hydroxyl groups is 1. The van der Waals surface area contributed by atoms with Gasteiger partial charge < -0.3 is 19.8 Å². The normalized spacial score (nSPS) is 12.7. The van der Waals surface area contributed by atoms with E-state index in [1.165, 1.54) is 24.1 Å². The minimum Gasteiger partial charge on any atom is -0.501 e. The molecule has 0 bridgehead atoms. The van der Waals surface area contributed by atoms with Gasteiger partial charge in [-0.15, -0.1) is 0 Å². The van der Waals surface area contributed by atoms with E-state index in [0.717, 1.165) is 24.1 Å². The number of nitrogens with one attached hydrogen (secondary N) is 1. The zero-order chi connectivity index (χ0) is 28.1. The SMILES string of the molecule is C[C@H](c1nc(C(=O)Nc2cnoc2)c(O)c(=O)n1C)[C@H](c1cnn(CCCN(C)C)c1)c1ccccc1C#N. The monoisotopic (exact) mass is 530 g/mol. The molecule has 2 N–H and O–H groups in total. The van der Waals surface area contributed by atoms with Crippen LogP contribution >= 0.6 is 0 Å². The molecule has 0 aliphatic carbocycles. The zero-order valence-electron chi connectivity index (χ0n) is 22.2. The summed E-state index contributed by atoms with van der Waals surface area (Å²) in [6, 6.07) is 9.48. The Labute approximate surface area is 225 Å². The summed E-state index contributed by atoms with van der Waals surface area (Å²) >= 11 is 0. The van der Waals surface area contributed by atoms with Crippen LogP contribution in [0.4, 0.5) is 5.69 Å². The molecule has 0 spiro atoms. The Kier molecular flexibility index (Phi) is 8.21. The lowest BCUT2D eigenvalue weighted by Gasteiger charge is -2.26. The molecule has 0 aliphatic rings. The second-order valence-corrected chi connectivity index (χ2v) is 9.56. The number of carbonyl (C=O) groups excluding carboxylic acids is 1. The summed E-state index contributed by atoms with van der Waals surface area (Å²) in [6.45, 7) is 3.48. The first kappa shape index (κ1) is 27.3. The molecule has 0 aliphatic heterocycles. The van der Waals surface area contributed by atoms with Gasteiger partial charge in [0.05, 0.1) is 24.0 Å².